The van der Waals surface area contributed by atoms with Crippen LogP contribution in [0.3, 0.4) is 0 Å². The maximum absolute atomic E-state index is 12.7. The summed E-state index contributed by atoms with van der Waals surface area (Å²) in [7, 11) is 1.66. The first-order chi connectivity index (χ1) is 57.3. The first-order valence-corrected chi connectivity index (χ1v) is 39.0. The van der Waals surface area contributed by atoms with E-state index in [9.17, 15) is 19.2 Å². The number of amidine groups is 4. The van der Waals surface area contributed by atoms with Crippen LogP contribution < -0.4 is 54.0 Å². The van der Waals surface area contributed by atoms with E-state index >= 15 is 0 Å². The van der Waals surface area contributed by atoms with E-state index in [4.69, 9.17) is 78.8 Å². The Kier molecular flexibility index (Phi) is 31.3. The number of nitrogens with two attached hydrogens (primary N) is 2. The molecule has 12 aromatic rings. The largest absolute Gasteiger partial charge is 0.384 e. The molecule has 4 amide bonds. The van der Waals surface area contributed by atoms with E-state index in [1.165, 1.54) is 24.8 Å². The summed E-state index contributed by atoms with van der Waals surface area (Å²) in [6, 6.07) is 73.7. The van der Waals surface area contributed by atoms with Crippen LogP contribution in [-0.4, -0.2) is 123 Å². The number of amides is 4. The highest BCUT2D eigenvalue weighted by atomic mass is 35.5. The van der Waals surface area contributed by atoms with Crippen molar-refractivity contribution in [3.63, 3.8) is 0 Å². The van der Waals surface area contributed by atoms with Gasteiger partial charge in [-0.15, -0.1) is 0 Å². The van der Waals surface area contributed by atoms with Crippen LogP contribution in [0, 0.1) is 16.2 Å². The predicted octanol–water partition coefficient (Wildman–Crippen LogP) is 17.1. The van der Waals surface area contributed by atoms with Gasteiger partial charge in [-0.2, -0.15) is 0 Å². The van der Waals surface area contributed by atoms with Gasteiger partial charge in [0.1, 0.15) is 46.6 Å². The number of aromatic nitrogens is 4. The molecule has 4 aromatic heterocycles. The molecule has 29 heteroatoms. The minimum Gasteiger partial charge on any atom is -0.384 e. The highest BCUT2D eigenvalue weighted by Gasteiger charge is 2.21. The molecule has 2 fully saturated rings. The van der Waals surface area contributed by atoms with Gasteiger partial charge in [-0.05, 0) is 132 Å². The number of halogens is 4. The number of carbonyl (C=O) groups excluding carboxylic acids is 4. The third-order valence-electron chi connectivity index (χ3n) is 18.5. The summed E-state index contributed by atoms with van der Waals surface area (Å²) in [5.41, 5.74) is 23.8. The lowest BCUT2D eigenvalue weighted by Crippen LogP contribution is -2.40. The van der Waals surface area contributed by atoms with Crippen LogP contribution in [-0.2, 0) is 30.9 Å². The Morgan fingerprint density at radius 2 is 0.627 bits per heavy atom. The maximum Gasteiger partial charge on any atom is 0.258 e. The SMILES string of the molecule is CN=C(N)c1ccc(CNc2ccccc2C(=O)Nc2ccc(Cl)cn2)cc1.N=C(N)c1ccc(CNc2ccccc2C(=O)Nc2ccc(Cl)cn2)cc1.N=C(c1ccc(CNc2ccccc2C(=O)Nc2ccc(Cl)cn2)cc1)N1CCCC1.N=C(c1ccc(CNc2ccccc2C(=O)Nc2ccc(Cl)cn2)cc1)N1CCOCC1. The quantitative estimate of drug-likeness (QED) is 0.0197. The van der Waals surface area contributed by atoms with Crippen LogP contribution in [0.25, 0.3) is 0 Å². The Morgan fingerprint density at radius 1 is 0.364 bits per heavy atom. The van der Waals surface area contributed by atoms with Crippen molar-refractivity contribution in [3.05, 3.63) is 354 Å². The molecular formula is C89H86Cl4N20O5. The third-order valence-corrected chi connectivity index (χ3v) is 19.3. The van der Waals surface area contributed by atoms with Gasteiger partial charge < -0.3 is 68.5 Å². The molecule has 0 unspecified atom stereocenters. The lowest BCUT2D eigenvalue weighted by atomic mass is 10.1. The monoisotopic (exact) mass is 1650 g/mol. The number of hydrogen-bond donors (Lipinski definition) is 13. The fraction of sp³-hybridized carbons (Fsp3) is 0.146. The second-order valence-electron chi connectivity index (χ2n) is 26.7. The molecule has 2 aliphatic rings. The average molecular weight is 1660 g/mol. The molecule has 14 rings (SSSR count). The summed E-state index contributed by atoms with van der Waals surface area (Å²) >= 11 is 23.3. The average Bonchev–Trinajstić information content (AvgIpc) is 1.17. The zero-order valence-electron chi connectivity index (χ0n) is 64.2. The lowest BCUT2D eigenvalue weighted by molar-refractivity contribution is 0.0680. The number of carbonyl (C=O) groups is 4. The zero-order valence-corrected chi connectivity index (χ0v) is 67.3. The van der Waals surface area contributed by atoms with Crippen LogP contribution in [0.5, 0.6) is 0 Å². The summed E-state index contributed by atoms with van der Waals surface area (Å²) in [5.74, 6) is 2.39. The van der Waals surface area contributed by atoms with E-state index < -0.39 is 0 Å². The first kappa shape index (κ1) is 85.3. The molecule has 0 spiro atoms. The van der Waals surface area contributed by atoms with Gasteiger partial charge in [-0.1, -0.05) is 192 Å². The van der Waals surface area contributed by atoms with Gasteiger partial charge in [0, 0.05) is 129 Å². The van der Waals surface area contributed by atoms with Gasteiger partial charge in [0.05, 0.1) is 55.6 Å². The minimum absolute atomic E-state index is 0.0346. The summed E-state index contributed by atoms with van der Waals surface area (Å²) in [6.07, 6.45) is 8.27. The summed E-state index contributed by atoms with van der Waals surface area (Å²) in [6.45, 7) is 6.94. The molecule has 25 nitrogen and oxygen atoms in total. The molecule has 118 heavy (non-hydrogen) atoms. The number of rotatable bonds is 24. The molecule has 0 saturated carbocycles. The zero-order chi connectivity index (χ0) is 83.1. The molecule has 6 heterocycles. The summed E-state index contributed by atoms with van der Waals surface area (Å²) in [4.78, 5) is 75.2. The van der Waals surface area contributed by atoms with Crippen molar-refractivity contribution in [2.45, 2.75) is 39.0 Å². The maximum atomic E-state index is 12.7. The number of pyridine rings is 4. The lowest BCUT2D eigenvalue weighted by Gasteiger charge is -2.29. The number of aliphatic imine (C=N–C) groups is 1. The highest BCUT2D eigenvalue weighted by molar-refractivity contribution is 6.31. The molecule has 2 aliphatic heterocycles. The van der Waals surface area contributed by atoms with Gasteiger partial charge in [0.2, 0.25) is 0 Å². The number of nitrogens with zero attached hydrogens (tertiary/aromatic N) is 7. The Morgan fingerprint density at radius 3 is 0.890 bits per heavy atom. The van der Waals surface area contributed by atoms with Gasteiger partial charge in [0.25, 0.3) is 23.6 Å². The minimum atomic E-state index is -0.264. The molecule has 2 saturated heterocycles. The molecule has 0 aliphatic carbocycles. The molecule has 0 radical (unpaired) electrons. The van der Waals surface area contributed by atoms with Crippen molar-refractivity contribution < 1.29 is 23.9 Å². The predicted molar refractivity (Wildman–Crippen MR) is 474 cm³/mol. The van der Waals surface area contributed by atoms with Crippen molar-refractivity contribution in [1.82, 2.24) is 29.7 Å². The second-order valence-corrected chi connectivity index (χ2v) is 28.4. The second kappa shape index (κ2) is 43.2. The van der Waals surface area contributed by atoms with Crippen molar-refractivity contribution in [1.29, 1.82) is 16.2 Å². The van der Waals surface area contributed by atoms with E-state index in [0.717, 1.165) is 95.0 Å². The topological polar surface area (TPSA) is 368 Å². The van der Waals surface area contributed by atoms with E-state index in [2.05, 4.69) is 72.4 Å². The number of hydrogen-bond acceptors (Lipinski definition) is 17. The van der Waals surface area contributed by atoms with Crippen LogP contribution in [0.15, 0.2) is 272 Å². The Bertz CT molecular complexity index is 5430. The van der Waals surface area contributed by atoms with Crippen molar-refractivity contribution in [3.8, 4) is 0 Å². The Labute approximate surface area is 703 Å². The number of morpholine rings is 1. The summed E-state index contributed by atoms with van der Waals surface area (Å²) in [5, 5.41) is 50.6. The van der Waals surface area contributed by atoms with Crippen molar-refractivity contribution in [2.75, 3.05) is 89.0 Å². The van der Waals surface area contributed by atoms with E-state index in [0.29, 0.717) is 134 Å². The van der Waals surface area contributed by atoms with Crippen LogP contribution in [0.2, 0.25) is 20.1 Å². The van der Waals surface area contributed by atoms with Crippen molar-refractivity contribution in [2.24, 2.45) is 16.5 Å². The van der Waals surface area contributed by atoms with Crippen LogP contribution >= 0.6 is 46.4 Å². The smallest absolute Gasteiger partial charge is 0.258 e. The normalized spacial score (nSPS) is 12.1. The van der Waals surface area contributed by atoms with Crippen LogP contribution in [0.4, 0.5) is 46.0 Å². The Hall–Kier alpha value is -13.6. The van der Waals surface area contributed by atoms with Crippen molar-refractivity contribution >= 4 is 139 Å². The number of nitrogens with one attached hydrogen (secondary N) is 11. The molecule has 0 atom stereocenters. The van der Waals surface area contributed by atoms with Crippen LogP contribution in [0.1, 0.15) is 98.8 Å². The molecule has 0 bridgehead atoms. The number of anilines is 8. The fourth-order valence-corrected chi connectivity index (χ4v) is 12.5. The number of para-hydroxylation sites is 4. The number of likely N-dealkylation sites (tertiary alicyclic amines) is 1. The fourth-order valence-electron chi connectivity index (χ4n) is 12.0. The van der Waals surface area contributed by atoms with Gasteiger partial charge >= 0.3 is 0 Å². The van der Waals surface area contributed by atoms with E-state index in [1.807, 2.05) is 157 Å². The molecule has 15 N–H and O–H groups in total. The standard InChI is InChI=1S/C24H24ClN5O2.C24H24ClN5O.C21H20ClN5O.C20H18ClN5O/c25-19-9-10-22(28-16-19)29-24(31)20-3-1-2-4-21(20)27-15-17-5-7-18(8-6-17)23(26)30-11-13-32-14-12-30;25-19-11-12-22(28-16-19)29-24(31)20-5-1-2-6-21(20)27-15-17-7-9-18(10-8-17)23(26)30-13-3-4-14-30;1-24-20(23)15-8-6-14(7-9-15)12-25-18-5-3-2-4-17(18)21(28)27-19-11-10-16(22)13-26-19;21-15-9-10-18(25-12-15)26-20(27)16-3-1-2-4-17(16)24-11-13-5-7-14(8-6-13)19(22)23/h1-10,16,26-27H,11-15H2,(H,28,29,31);1-2,5-12,16,26-27H,3-4,13-15H2,(H,28,29,31);2-11,13,25H,12H2,1H3,(H2,23,24)(H,26,27,28);1-10,12,24H,11H2,(H3,22,23)(H,25,26,27). The number of benzene rings is 8. The molecule has 8 aromatic carbocycles. The van der Waals surface area contributed by atoms with Gasteiger partial charge in [0.15, 0.2) is 0 Å². The van der Waals surface area contributed by atoms with E-state index in [1.54, 1.807) is 98.0 Å². The number of ether oxygens (including phenoxy) is 1. The highest BCUT2D eigenvalue weighted by Crippen LogP contribution is 2.26. The summed E-state index contributed by atoms with van der Waals surface area (Å²) < 4.78 is 5.36. The molecule has 600 valence electrons. The number of nitrogen functional groups attached to an aromatic ring is 1. The van der Waals surface area contributed by atoms with Gasteiger partial charge in [-0.25, -0.2) is 19.9 Å². The first-order valence-electron chi connectivity index (χ1n) is 37.5. The van der Waals surface area contributed by atoms with Gasteiger partial charge in [-0.3, -0.25) is 40.4 Å². The molecular weight excluding hydrogens is 1570 g/mol. The van der Waals surface area contributed by atoms with E-state index in [-0.39, 0.29) is 29.5 Å². The third kappa shape index (κ3) is 25.5. The Balaban J connectivity index is 0.000000155.